The van der Waals surface area contributed by atoms with Gasteiger partial charge < -0.3 is 5.73 Å². The molecule has 7 nitrogen and oxygen atoms in total. The molecule has 1 aliphatic heterocycles. The molecular weight excluding hydrogens is 322 g/mol. The van der Waals surface area contributed by atoms with Gasteiger partial charge in [-0.05, 0) is 18.6 Å². The van der Waals surface area contributed by atoms with Gasteiger partial charge in [0.2, 0.25) is 10.0 Å². The average molecular weight is 335 g/mol. The Labute approximate surface area is 122 Å². The van der Waals surface area contributed by atoms with Crippen LogP contribution in [0.2, 0.25) is 0 Å². The van der Waals surface area contributed by atoms with Crippen molar-refractivity contribution >= 4 is 37.1 Å². The maximum Gasteiger partial charge on any atom is 0.242 e. The molecule has 2 rings (SSSR count). The van der Waals surface area contributed by atoms with E-state index in [4.69, 9.17) is 18.0 Å². The van der Waals surface area contributed by atoms with Crippen molar-refractivity contribution in [3.63, 3.8) is 0 Å². The van der Waals surface area contributed by atoms with Crippen LogP contribution in [0, 0.1) is 0 Å². The summed E-state index contributed by atoms with van der Waals surface area (Å²) in [5.41, 5.74) is 5.69. The first-order valence-corrected chi connectivity index (χ1v) is 9.39. The Hall–Kier alpha value is -1.10. The van der Waals surface area contributed by atoms with Crippen LogP contribution in [-0.4, -0.2) is 44.4 Å². The molecule has 0 bridgehead atoms. The number of nitrogens with two attached hydrogens (primary N) is 1. The van der Waals surface area contributed by atoms with E-state index >= 15 is 0 Å². The number of aromatic nitrogens is 1. The Balaban J connectivity index is 2.16. The summed E-state index contributed by atoms with van der Waals surface area (Å²) in [4.78, 5) is 3.86. The molecule has 0 aliphatic carbocycles. The van der Waals surface area contributed by atoms with E-state index in [2.05, 4.69) is 9.71 Å². The quantitative estimate of drug-likeness (QED) is 0.690. The van der Waals surface area contributed by atoms with Crippen LogP contribution in [0.15, 0.2) is 23.2 Å². The fourth-order valence-electron chi connectivity index (χ4n) is 1.86. The molecule has 1 aromatic rings. The topological polar surface area (TPSA) is 119 Å². The summed E-state index contributed by atoms with van der Waals surface area (Å²) in [7, 11) is -6.94. The minimum atomic E-state index is -3.80. The Morgan fingerprint density at radius 3 is 2.60 bits per heavy atom. The highest BCUT2D eigenvalue weighted by Gasteiger charge is 2.31. The highest BCUT2D eigenvalue weighted by Crippen LogP contribution is 2.15. The molecule has 0 spiro atoms. The molecule has 0 aromatic carbocycles. The van der Waals surface area contributed by atoms with Gasteiger partial charge in [0.25, 0.3) is 0 Å². The van der Waals surface area contributed by atoms with E-state index in [1.165, 1.54) is 12.1 Å². The molecule has 10 heteroatoms. The van der Waals surface area contributed by atoms with Crippen molar-refractivity contribution in [2.45, 2.75) is 17.4 Å². The zero-order valence-corrected chi connectivity index (χ0v) is 12.8. The molecule has 1 saturated heterocycles. The number of sulfonamides is 1. The maximum absolute atomic E-state index is 12.1. The molecular formula is C10H13N3O4S3. The van der Waals surface area contributed by atoms with Crippen molar-refractivity contribution in [1.82, 2.24) is 9.71 Å². The molecule has 0 radical (unpaired) electrons. The molecule has 0 amide bonds. The molecule has 1 aliphatic rings. The van der Waals surface area contributed by atoms with Crippen LogP contribution in [0.25, 0.3) is 0 Å². The van der Waals surface area contributed by atoms with Crippen molar-refractivity contribution in [2.24, 2.45) is 5.73 Å². The highest BCUT2D eigenvalue weighted by molar-refractivity contribution is 7.92. The highest BCUT2D eigenvalue weighted by atomic mass is 32.2. The standard InChI is InChI=1S/C10H13N3O4S3/c11-10(18)9-2-1-8(5-12-9)20(16,17)13-7-3-4-19(14,15)6-7/h1-2,5,7,13H,3-4,6H2,(H2,11,18). The third-order valence-corrected chi connectivity index (χ3v) is 6.34. The van der Waals surface area contributed by atoms with Crippen molar-refractivity contribution in [3.8, 4) is 0 Å². The molecule has 1 atom stereocenters. The second-order valence-corrected chi connectivity index (χ2v) is 8.85. The van der Waals surface area contributed by atoms with Crippen LogP contribution in [0.1, 0.15) is 12.1 Å². The SMILES string of the molecule is NC(=S)c1ccc(S(=O)(=O)NC2CCS(=O)(=O)C2)cn1. The lowest BCUT2D eigenvalue weighted by atomic mass is 10.3. The Morgan fingerprint density at radius 1 is 1.45 bits per heavy atom. The minimum Gasteiger partial charge on any atom is -0.388 e. The molecule has 20 heavy (non-hydrogen) atoms. The van der Waals surface area contributed by atoms with E-state index in [0.29, 0.717) is 5.69 Å². The van der Waals surface area contributed by atoms with Crippen molar-refractivity contribution in [1.29, 1.82) is 0 Å². The van der Waals surface area contributed by atoms with E-state index in [0.717, 1.165) is 6.20 Å². The lowest BCUT2D eigenvalue weighted by Crippen LogP contribution is -2.35. The number of pyridine rings is 1. The second-order valence-electron chi connectivity index (χ2n) is 4.46. The lowest BCUT2D eigenvalue weighted by Gasteiger charge is -2.11. The number of nitrogens with one attached hydrogen (secondary N) is 1. The summed E-state index contributed by atoms with van der Waals surface area (Å²) >= 11 is 4.72. The van der Waals surface area contributed by atoms with Gasteiger partial charge in [-0.25, -0.2) is 21.6 Å². The van der Waals surface area contributed by atoms with Gasteiger partial charge in [0.15, 0.2) is 9.84 Å². The molecule has 1 aromatic heterocycles. The summed E-state index contributed by atoms with van der Waals surface area (Å²) in [5.74, 6) is -0.177. The number of hydrogen-bond donors (Lipinski definition) is 2. The van der Waals surface area contributed by atoms with Crippen LogP contribution in [-0.2, 0) is 19.9 Å². The Morgan fingerprint density at radius 2 is 2.15 bits per heavy atom. The fourth-order valence-corrected chi connectivity index (χ4v) is 4.97. The van der Waals surface area contributed by atoms with Crippen LogP contribution in [0.3, 0.4) is 0 Å². The van der Waals surface area contributed by atoms with Gasteiger partial charge in [-0.2, -0.15) is 0 Å². The molecule has 0 saturated carbocycles. The third kappa shape index (κ3) is 3.51. The fraction of sp³-hybridized carbons (Fsp3) is 0.400. The molecule has 2 heterocycles. The molecule has 1 unspecified atom stereocenters. The van der Waals surface area contributed by atoms with Gasteiger partial charge in [0.05, 0.1) is 17.2 Å². The zero-order chi connectivity index (χ0) is 15.0. The van der Waals surface area contributed by atoms with E-state index < -0.39 is 25.9 Å². The number of nitrogens with zero attached hydrogens (tertiary/aromatic N) is 1. The third-order valence-electron chi connectivity index (χ3n) is 2.85. The smallest absolute Gasteiger partial charge is 0.242 e. The average Bonchev–Trinajstić information content (AvgIpc) is 2.68. The van der Waals surface area contributed by atoms with Gasteiger partial charge in [0.1, 0.15) is 9.88 Å². The molecule has 3 N–H and O–H groups in total. The van der Waals surface area contributed by atoms with E-state index in [1.807, 2.05) is 0 Å². The molecule has 1 fully saturated rings. The zero-order valence-electron chi connectivity index (χ0n) is 10.3. The number of sulfone groups is 1. The summed E-state index contributed by atoms with van der Waals surface area (Å²) in [6.45, 7) is 0. The summed E-state index contributed by atoms with van der Waals surface area (Å²) < 4.78 is 49.1. The normalized spacial score (nSPS) is 21.7. The molecule has 110 valence electrons. The Bertz CT molecular complexity index is 726. The predicted octanol–water partition coefficient (Wildman–Crippen LogP) is -0.819. The Kier molecular flexibility index (Phi) is 4.09. The van der Waals surface area contributed by atoms with Gasteiger partial charge in [0, 0.05) is 12.2 Å². The van der Waals surface area contributed by atoms with Crippen LogP contribution < -0.4 is 10.5 Å². The van der Waals surface area contributed by atoms with Gasteiger partial charge in [-0.3, -0.25) is 4.98 Å². The van der Waals surface area contributed by atoms with Crippen LogP contribution in [0.4, 0.5) is 0 Å². The van der Waals surface area contributed by atoms with Gasteiger partial charge in [-0.1, -0.05) is 12.2 Å². The number of thiocarbonyl (C=S) groups is 1. The first-order chi connectivity index (χ1) is 9.20. The van der Waals surface area contributed by atoms with Gasteiger partial charge >= 0.3 is 0 Å². The van der Waals surface area contributed by atoms with E-state index in [9.17, 15) is 16.8 Å². The maximum atomic E-state index is 12.1. The van der Waals surface area contributed by atoms with Crippen molar-refractivity contribution in [3.05, 3.63) is 24.0 Å². The summed E-state index contributed by atoms with van der Waals surface area (Å²) in [6, 6.07) is 2.13. The predicted molar refractivity (Wildman–Crippen MR) is 77.5 cm³/mol. The van der Waals surface area contributed by atoms with E-state index in [1.54, 1.807) is 0 Å². The minimum absolute atomic E-state index is 0.00117. The van der Waals surface area contributed by atoms with Crippen molar-refractivity contribution < 1.29 is 16.8 Å². The summed E-state index contributed by atoms with van der Waals surface area (Å²) in [5, 5.41) is 0. The van der Waals surface area contributed by atoms with Crippen LogP contribution >= 0.6 is 12.2 Å². The van der Waals surface area contributed by atoms with Gasteiger partial charge in [-0.15, -0.1) is 0 Å². The number of rotatable bonds is 4. The summed E-state index contributed by atoms with van der Waals surface area (Å²) in [6.07, 6.45) is 1.42. The second kappa shape index (κ2) is 5.35. The monoisotopic (exact) mass is 335 g/mol. The van der Waals surface area contributed by atoms with Crippen LogP contribution in [0.5, 0.6) is 0 Å². The lowest BCUT2D eigenvalue weighted by molar-refractivity contribution is 0.562. The first-order valence-electron chi connectivity index (χ1n) is 5.68. The largest absolute Gasteiger partial charge is 0.388 e. The van der Waals surface area contributed by atoms with Crippen molar-refractivity contribution in [2.75, 3.05) is 11.5 Å². The van der Waals surface area contributed by atoms with E-state index in [-0.39, 0.29) is 27.8 Å². The number of hydrogen-bond acceptors (Lipinski definition) is 6. The first kappa shape index (κ1) is 15.3.